The highest BCUT2D eigenvalue weighted by atomic mass is 32.1. The maximum Gasteiger partial charge on any atom is 0.147 e. The zero-order valence-electron chi connectivity index (χ0n) is 9.34. The molecule has 86 valence electrons. The van der Waals surface area contributed by atoms with Crippen LogP contribution in [0.4, 0.5) is 5.82 Å². The Morgan fingerprint density at radius 3 is 2.94 bits per heavy atom. The zero-order chi connectivity index (χ0) is 11.5. The Hall–Kier alpha value is -1.20. The van der Waals surface area contributed by atoms with E-state index in [1.54, 1.807) is 17.7 Å². The summed E-state index contributed by atoms with van der Waals surface area (Å²) >= 11 is 1.61. The van der Waals surface area contributed by atoms with E-state index in [2.05, 4.69) is 29.1 Å². The van der Waals surface area contributed by atoms with Gasteiger partial charge in [0.05, 0.1) is 22.9 Å². The first-order valence-electron chi connectivity index (χ1n) is 5.28. The van der Waals surface area contributed by atoms with Crippen LogP contribution in [0.1, 0.15) is 13.8 Å². The standard InChI is InChI=1S/C11H15N3OS/c1-7(2)9(5-15)14-11-10-8(3-4-16-10)12-6-13-11/h3-4,6-7,9,15H,5H2,1-2H3,(H,12,13,14)/t9-/m1/s1. The Labute approximate surface area is 98.4 Å². The molecule has 2 heterocycles. The first-order valence-corrected chi connectivity index (χ1v) is 6.16. The summed E-state index contributed by atoms with van der Waals surface area (Å²) in [5.74, 6) is 1.17. The first kappa shape index (κ1) is 11.3. The molecule has 0 aliphatic rings. The Bertz CT molecular complexity index is 469. The van der Waals surface area contributed by atoms with E-state index in [1.165, 1.54) is 0 Å². The van der Waals surface area contributed by atoms with Crippen LogP contribution in [-0.2, 0) is 0 Å². The van der Waals surface area contributed by atoms with Gasteiger partial charge in [0, 0.05) is 0 Å². The highest BCUT2D eigenvalue weighted by Gasteiger charge is 2.14. The fourth-order valence-electron chi connectivity index (χ4n) is 1.49. The van der Waals surface area contributed by atoms with Gasteiger partial charge in [-0.3, -0.25) is 0 Å². The predicted octanol–water partition coefficient (Wildman–Crippen LogP) is 2.12. The minimum Gasteiger partial charge on any atom is -0.394 e. The molecule has 16 heavy (non-hydrogen) atoms. The van der Waals surface area contributed by atoms with Crippen molar-refractivity contribution in [3.63, 3.8) is 0 Å². The summed E-state index contributed by atoms with van der Waals surface area (Å²) in [5, 5.41) is 14.5. The van der Waals surface area contributed by atoms with Crippen LogP contribution in [0.25, 0.3) is 10.2 Å². The highest BCUT2D eigenvalue weighted by Crippen LogP contribution is 2.25. The summed E-state index contributed by atoms with van der Waals surface area (Å²) in [7, 11) is 0. The Morgan fingerprint density at radius 1 is 1.44 bits per heavy atom. The number of nitrogens with zero attached hydrogens (tertiary/aromatic N) is 2. The third kappa shape index (κ3) is 2.15. The molecule has 0 saturated heterocycles. The van der Waals surface area contributed by atoms with Gasteiger partial charge in [0.25, 0.3) is 0 Å². The van der Waals surface area contributed by atoms with Crippen molar-refractivity contribution in [3.05, 3.63) is 17.8 Å². The van der Waals surface area contributed by atoms with Gasteiger partial charge < -0.3 is 10.4 Å². The van der Waals surface area contributed by atoms with Crippen LogP contribution in [0.2, 0.25) is 0 Å². The predicted molar refractivity (Wildman–Crippen MR) is 66.7 cm³/mol. The van der Waals surface area contributed by atoms with Crippen LogP contribution in [-0.4, -0.2) is 27.7 Å². The van der Waals surface area contributed by atoms with Crippen molar-refractivity contribution in [2.24, 2.45) is 5.92 Å². The van der Waals surface area contributed by atoms with Gasteiger partial charge in [-0.25, -0.2) is 9.97 Å². The fourth-order valence-corrected chi connectivity index (χ4v) is 2.29. The van der Waals surface area contributed by atoms with Gasteiger partial charge in [0.15, 0.2) is 0 Å². The van der Waals surface area contributed by atoms with E-state index in [0.717, 1.165) is 16.0 Å². The molecule has 0 amide bonds. The minimum atomic E-state index is 0.0280. The van der Waals surface area contributed by atoms with E-state index in [9.17, 15) is 5.11 Å². The average molecular weight is 237 g/mol. The van der Waals surface area contributed by atoms with Crippen molar-refractivity contribution in [1.29, 1.82) is 0 Å². The lowest BCUT2D eigenvalue weighted by molar-refractivity contribution is 0.249. The van der Waals surface area contributed by atoms with Crippen LogP contribution in [0.5, 0.6) is 0 Å². The van der Waals surface area contributed by atoms with Crippen LogP contribution in [0.15, 0.2) is 17.8 Å². The number of aromatic nitrogens is 2. The van der Waals surface area contributed by atoms with Crippen molar-refractivity contribution < 1.29 is 5.11 Å². The summed E-state index contributed by atoms with van der Waals surface area (Å²) < 4.78 is 1.04. The quantitative estimate of drug-likeness (QED) is 0.855. The van der Waals surface area contributed by atoms with Crippen LogP contribution in [0, 0.1) is 5.92 Å². The van der Waals surface area contributed by atoms with Gasteiger partial charge in [-0.1, -0.05) is 13.8 Å². The topological polar surface area (TPSA) is 58.0 Å². The number of fused-ring (bicyclic) bond motifs is 1. The molecule has 5 heteroatoms. The summed E-state index contributed by atoms with van der Waals surface area (Å²) in [6.45, 7) is 4.25. The fraction of sp³-hybridized carbons (Fsp3) is 0.455. The first-order chi connectivity index (χ1) is 7.72. The Kier molecular flexibility index (Phi) is 3.36. The summed E-state index contributed by atoms with van der Waals surface area (Å²) in [5.41, 5.74) is 0.947. The summed E-state index contributed by atoms with van der Waals surface area (Å²) in [6, 6.07) is 2.00. The number of hydrogen-bond acceptors (Lipinski definition) is 5. The maximum atomic E-state index is 9.28. The monoisotopic (exact) mass is 237 g/mol. The molecule has 0 saturated carbocycles. The lowest BCUT2D eigenvalue weighted by atomic mass is 10.1. The van der Waals surface area contributed by atoms with Crippen LogP contribution >= 0.6 is 11.3 Å². The highest BCUT2D eigenvalue weighted by molar-refractivity contribution is 7.17. The van der Waals surface area contributed by atoms with E-state index in [-0.39, 0.29) is 12.6 Å². The van der Waals surface area contributed by atoms with Gasteiger partial charge in [-0.2, -0.15) is 0 Å². The smallest absolute Gasteiger partial charge is 0.147 e. The lowest BCUT2D eigenvalue weighted by Gasteiger charge is -2.20. The SMILES string of the molecule is CC(C)[C@@H](CO)Nc1ncnc2ccsc12. The van der Waals surface area contributed by atoms with Crippen LogP contribution in [0.3, 0.4) is 0 Å². The van der Waals surface area contributed by atoms with Gasteiger partial charge in [0.1, 0.15) is 12.1 Å². The zero-order valence-corrected chi connectivity index (χ0v) is 10.2. The molecule has 2 rings (SSSR count). The van der Waals surface area contributed by atoms with E-state index in [0.29, 0.717) is 5.92 Å². The normalized spacial score (nSPS) is 13.2. The van der Waals surface area contributed by atoms with Crippen LogP contribution < -0.4 is 5.32 Å². The second-order valence-electron chi connectivity index (χ2n) is 4.03. The van der Waals surface area contributed by atoms with E-state index < -0.39 is 0 Å². The van der Waals surface area contributed by atoms with Crippen molar-refractivity contribution in [1.82, 2.24) is 9.97 Å². The molecular formula is C11H15N3OS. The molecule has 0 radical (unpaired) electrons. The summed E-state index contributed by atoms with van der Waals surface area (Å²) in [6.07, 6.45) is 1.55. The van der Waals surface area contributed by atoms with Crippen molar-refractivity contribution in [3.8, 4) is 0 Å². The molecule has 2 aromatic heterocycles. The number of anilines is 1. The third-order valence-electron chi connectivity index (χ3n) is 2.57. The molecule has 0 spiro atoms. The number of thiophene rings is 1. The van der Waals surface area contributed by atoms with E-state index in [1.807, 2.05) is 11.4 Å². The van der Waals surface area contributed by atoms with Crippen molar-refractivity contribution >= 4 is 27.4 Å². The maximum absolute atomic E-state index is 9.28. The summed E-state index contributed by atoms with van der Waals surface area (Å²) in [4.78, 5) is 8.40. The third-order valence-corrected chi connectivity index (χ3v) is 3.48. The molecule has 0 aromatic carbocycles. The molecule has 2 N–H and O–H groups in total. The molecule has 2 aromatic rings. The molecule has 0 bridgehead atoms. The number of aliphatic hydroxyl groups excluding tert-OH is 1. The van der Waals surface area contributed by atoms with E-state index >= 15 is 0 Å². The average Bonchev–Trinajstić information content (AvgIpc) is 2.73. The second kappa shape index (κ2) is 4.76. The Morgan fingerprint density at radius 2 is 2.25 bits per heavy atom. The number of rotatable bonds is 4. The Balaban J connectivity index is 2.29. The molecule has 4 nitrogen and oxygen atoms in total. The van der Waals surface area contributed by atoms with Gasteiger partial charge in [-0.15, -0.1) is 11.3 Å². The molecular weight excluding hydrogens is 222 g/mol. The van der Waals surface area contributed by atoms with Gasteiger partial charge in [-0.05, 0) is 17.4 Å². The molecule has 0 unspecified atom stereocenters. The number of aliphatic hydroxyl groups is 1. The van der Waals surface area contributed by atoms with Crippen molar-refractivity contribution in [2.75, 3.05) is 11.9 Å². The largest absolute Gasteiger partial charge is 0.394 e. The van der Waals surface area contributed by atoms with Gasteiger partial charge in [0.2, 0.25) is 0 Å². The van der Waals surface area contributed by atoms with E-state index in [4.69, 9.17) is 0 Å². The van der Waals surface area contributed by atoms with Crippen molar-refractivity contribution in [2.45, 2.75) is 19.9 Å². The molecule has 0 fully saturated rings. The lowest BCUT2D eigenvalue weighted by Crippen LogP contribution is -2.29. The second-order valence-corrected chi connectivity index (χ2v) is 4.95. The molecule has 0 aliphatic carbocycles. The van der Waals surface area contributed by atoms with Gasteiger partial charge >= 0.3 is 0 Å². The number of nitrogens with one attached hydrogen (secondary N) is 1. The number of hydrogen-bond donors (Lipinski definition) is 2. The minimum absolute atomic E-state index is 0.0280. The molecule has 0 aliphatic heterocycles. The molecule has 1 atom stereocenters.